The fourth-order valence-corrected chi connectivity index (χ4v) is 2.15. The van der Waals surface area contributed by atoms with Gasteiger partial charge >= 0.3 is 0 Å². The fourth-order valence-electron chi connectivity index (χ4n) is 2.15. The highest BCUT2D eigenvalue weighted by Gasteiger charge is 2.14. The zero-order chi connectivity index (χ0) is 15.0. The molecule has 21 heavy (non-hydrogen) atoms. The van der Waals surface area contributed by atoms with Crippen LogP contribution in [0.2, 0.25) is 0 Å². The standard InChI is InChI=1S/C14H9N5O2/c1-9-4-11(6-12(5-9)19(20)21)14-17-16-13-3-2-10(7-15)8-18(13)14/h2-6,8H,1H3. The number of aryl methyl sites for hydroxylation is 1. The molecule has 0 unspecified atom stereocenters. The summed E-state index contributed by atoms with van der Waals surface area (Å²) in [4.78, 5) is 10.5. The number of hydrogen-bond donors (Lipinski definition) is 0. The maximum atomic E-state index is 11.0. The van der Waals surface area contributed by atoms with Crippen LogP contribution in [0, 0.1) is 28.4 Å². The van der Waals surface area contributed by atoms with Gasteiger partial charge in [-0.2, -0.15) is 5.26 Å². The number of fused-ring (bicyclic) bond motifs is 1. The predicted molar refractivity (Wildman–Crippen MR) is 74.5 cm³/mol. The minimum absolute atomic E-state index is 0.00168. The van der Waals surface area contributed by atoms with Crippen molar-refractivity contribution in [3.05, 3.63) is 57.8 Å². The first-order valence-corrected chi connectivity index (χ1v) is 6.10. The molecule has 0 fully saturated rings. The van der Waals surface area contributed by atoms with Crippen molar-refractivity contribution in [2.24, 2.45) is 0 Å². The van der Waals surface area contributed by atoms with Crippen LogP contribution in [0.25, 0.3) is 17.0 Å². The lowest BCUT2D eigenvalue weighted by molar-refractivity contribution is -0.384. The Hall–Kier alpha value is -3.27. The number of rotatable bonds is 2. The molecule has 0 N–H and O–H groups in total. The molecule has 0 amide bonds. The third-order valence-electron chi connectivity index (χ3n) is 3.06. The molecule has 7 heteroatoms. The maximum Gasteiger partial charge on any atom is 0.270 e. The van der Waals surface area contributed by atoms with Gasteiger partial charge in [0.1, 0.15) is 6.07 Å². The minimum Gasteiger partial charge on any atom is -0.281 e. The van der Waals surface area contributed by atoms with Crippen molar-refractivity contribution in [2.75, 3.05) is 0 Å². The van der Waals surface area contributed by atoms with E-state index in [0.717, 1.165) is 5.56 Å². The number of aromatic nitrogens is 3. The monoisotopic (exact) mass is 279 g/mol. The van der Waals surface area contributed by atoms with E-state index in [-0.39, 0.29) is 5.69 Å². The van der Waals surface area contributed by atoms with Crippen LogP contribution in [0.3, 0.4) is 0 Å². The Morgan fingerprint density at radius 2 is 2.10 bits per heavy atom. The van der Waals surface area contributed by atoms with E-state index < -0.39 is 4.92 Å². The molecule has 0 saturated heterocycles. The molecule has 3 rings (SSSR count). The molecule has 0 bridgehead atoms. The molecule has 102 valence electrons. The molecule has 2 heterocycles. The van der Waals surface area contributed by atoms with E-state index >= 15 is 0 Å². The first-order valence-electron chi connectivity index (χ1n) is 6.10. The summed E-state index contributed by atoms with van der Waals surface area (Å²) in [6.07, 6.45) is 1.61. The Balaban J connectivity index is 2.25. The number of benzene rings is 1. The molecule has 7 nitrogen and oxygen atoms in total. The van der Waals surface area contributed by atoms with E-state index in [2.05, 4.69) is 10.2 Å². The average Bonchev–Trinajstić information content (AvgIpc) is 2.89. The lowest BCUT2D eigenvalue weighted by Gasteiger charge is -2.02. The number of nitro benzene ring substituents is 1. The molecule has 2 aromatic heterocycles. The van der Waals surface area contributed by atoms with Crippen molar-refractivity contribution in [1.29, 1.82) is 5.26 Å². The SMILES string of the molecule is Cc1cc(-c2nnc3ccc(C#N)cn23)cc([N+](=O)[O-])c1. The van der Waals surface area contributed by atoms with Gasteiger partial charge in [-0.3, -0.25) is 14.5 Å². The van der Waals surface area contributed by atoms with Gasteiger partial charge in [-0.15, -0.1) is 10.2 Å². The van der Waals surface area contributed by atoms with Crippen LogP contribution in [0.15, 0.2) is 36.5 Å². The Labute approximate surface area is 119 Å². The van der Waals surface area contributed by atoms with Gasteiger partial charge in [0.2, 0.25) is 0 Å². The summed E-state index contributed by atoms with van der Waals surface area (Å²) in [6.45, 7) is 1.78. The molecule has 0 radical (unpaired) electrons. The number of non-ortho nitro benzene ring substituents is 1. The Morgan fingerprint density at radius 1 is 1.29 bits per heavy atom. The van der Waals surface area contributed by atoms with Crippen LogP contribution in [0.1, 0.15) is 11.1 Å². The number of nitrogens with zero attached hydrogens (tertiary/aromatic N) is 5. The van der Waals surface area contributed by atoms with Crippen LogP contribution in [-0.4, -0.2) is 19.5 Å². The van der Waals surface area contributed by atoms with Gasteiger partial charge in [0, 0.05) is 23.9 Å². The lowest BCUT2D eigenvalue weighted by Crippen LogP contribution is -1.94. The van der Waals surface area contributed by atoms with Crippen molar-refractivity contribution >= 4 is 11.3 Å². The zero-order valence-electron chi connectivity index (χ0n) is 11.0. The van der Waals surface area contributed by atoms with Crippen LogP contribution in [0.4, 0.5) is 5.69 Å². The molecular formula is C14H9N5O2. The Morgan fingerprint density at radius 3 is 2.81 bits per heavy atom. The molecule has 0 atom stereocenters. The summed E-state index contributed by atoms with van der Waals surface area (Å²) in [6, 6.07) is 10.1. The van der Waals surface area contributed by atoms with E-state index in [1.807, 2.05) is 6.07 Å². The Bertz CT molecular complexity index is 907. The minimum atomic E-state index is -0.444. The molecule has 0 aliphatic heterocycles. The van der Waals surface area contributed by atoms with Gasteiger partial charge < -0.3 is 0 Å². The first-order chi connectivity index (χ1) is 10.1. The molecule has 1 aromatic carbocycles. The highest BCUT2D eigenvalue weighted by atomic mass is 16.6. The number of hydrogen-bond acceptors (Lipinski definition) is 5. The predicted octanol–water partition coefficient (Wildman–Crippen LogP) is 2.48. The normalized spacial score (nSPS) is 10.5. The molecule has 3 aromatic rings. The second-order valence-electron chi connectivity index (χ2n) is 4.60. The largest absolute Gasteiger partial charge is 0.281 e. The fraction of sp³-hybridized carbons (Fsp3) is 0.0714. The van der Waals surface area contributed by atoms with Gasteiger partial charge in [0.15, 0.2) is 11.5 Å². The van der Waals surface area contributed by atoms with Crippen LogP contribution in [0.5, 0.6) is 0 Å². The second-order valence-corrected chi connectivity index (χ2v) is 4.60. The second kappa shape index (κ2) is 4.68. The summed E-state index contributed by atoms with van der Waals surface area (Å²) in [7, 11) is 0. The van der Waals surface area contributed by atoms with Crippen LogP contribution < -0.4 is 0 Å². The van der Waals surface area contributed by atoms with E-state index in [9.17, 15) is 10.1 Å². The average molecular weight is 279 g/mol. The summed E-state index contributed by atoms with van der Waals surface area (Å²) < 4.78 is 1.65. The molecule has 0 aliphatic carbocycles. The zero-order valence-corrected chi connectivity index (χ0v) is 11.0. The van der Waals surface area contributed by atoms with Crippen molar-refractivity contribution in [1.82, 2.24) is 14.6 Å². The number of nitro groups is 1. The van der Waals surface area contributed by atoms with Gasteiger partial charge in [-0.25, -0.2) is 0 Å². The number of nitriles is 1. The molecule has 0 aliphatic rings. The smallest absolute Gasteiger partial charge is 0.270 e. The van der Waals surface area contributed by atoms with Gasteiger partial charge in [0.05, 0.1) is 10.5 Å². The number of pyridine rings is 1. The highest BCUT2D eigenvalue weighted by molar-refractivity contribution is 5.64. The Kier molecular flexibility index (Phi) is 2.84. The first kappa shape index (κ1) is 12.7. The van der Waals surface area contributed by atoms with E-state index in [1.165, 1.54) is 12.1 Å². The van der Waals surface area contributed by atoms with Crippen molar-refractivity contribution in [2.45, 2.75) is 6.92 Å². The van der Waals surface area contributed by atoms with E-state index in [1.54, 1.807) is 35.7 Å². The van der Waals surface area contributed by atoms with Crippen LogP contribution in [-0.2, 0) is 0 Å². The van der Waals surface area contributed by atoms with E-state index in [4.69, 9.17) is 5.26 Å². The topological polar surface area (TPSA) is 97.1 Å². The summed E-state index contributed by atoms with van der Waals surface area (Å²) in [5, 5.41) is 28.0. The van der Waals surface area contributed by atoms with E-state index in [0.29, 0.717) is 22.6 Å². The highest BCUT2D eigenvalue weighted by Crippen LogP contribution is 2.25. The molecule has 0 spiro atoms. The van der Waals surface area contributed by atoms with Gasteiger partial charge in [-0.05, 0) is 30.7 Å². The lowest BCUT2D eigenvalue weighted by atomic mass is 10.1. The van der Waals surface area contributed by atoms with Crippen molar-refractivity contribution in [3.63, 3.8) is 0 Å². The quantitative estimate of drug-likeness (QED) is 0.530. The molecule has 0 saturated carbocycles. The molecular weight excluding hydrogens is 270 g/mol. The third kappa shape index (κ3) is 2.19. The summed E-state index contributed by atoms with van der Waals surface area (Å²) in [5.41, 5.74) is 2.38. The summed E-state index contributed by atoms with van der Waals surface area (Å²) >= 11 is 0. The summed E-state index contributed by atoms with van der Waals surface area (Å²) in [5.74, 6) is 0.467. The maximum absolute atomic E-state index is 11.0. The van der Waals surface area contributed by atoms with Crippen LogP contribution >= 0.6 is 0 Å². The van der Waals surface area contributed by atoms with Crippen molar-refractivity contribution < 1.29 is 4.92 Å². The van der Waals surface area contributed by atoms with Gasteiger partial charge in [-0.1, -0.05) is 0 Å². The van der Waals surface area contributed by atoms with Crippen molar-refractivity contribution in [3.8, 4) is 17.5 Å². The van der Waals surface area contributed by atoms with Gasteiger partial charge in [0.25, 0.3) is 5.69 Å². The third-order valence-corrected chi connectivity index (χ3v) is 3.06.